The number of esters is 1. The summed E-state index contributed by atoms with van der Waals surface area (Å²) in [5.41, 5.74) is 3.94. The predicted molar refractivity (Wildman–Crippen MR) is 89.1 cm³/mol. The van der Waals surface area contributed by atoms with Crippen LogP contribution in [0.2, 0.25) is 0 Å². The number of benzene rings is 2. The Balaban J connectivity index is 1.52. The van der Waals surface area contributed by atoms with E-state index in [0.717, 1.165) is 25.7 Å². The highest BCUT2D eigenvalue weighted by atomic mass is 16.6. The van der Waals surface area contributed by atoms with Crippen molar-refractivity contribution in [3.05, 3.63) is 71.3 Å². The van der Waals surface area contributed by atoms with Crippen molar-refractivity contribution >= 4 is 5.97 Å². The number of ether oxygens (including phenoxy) is 1. The lowest BCUT2D eigenvalue weighted by Gasteiger charge is -2.33. The van der Waals surface area contributed by atoms with E-state index in [2.05, 4.69) is 48.5 Å². The van der Waals surface area contributed by atoms with Gasteiger partial charge in [0.15, 0.2) is 0 Å². The van der Waals surface area contributed by atoms with E-state index in [1.54, 1.807) is 0 Å². The Morgan fingerprint density at radius 2 is 1.52 bits per heavy atom. The molecule has 0 amide bonds. The first-order valence-electron chi connectivity index (χ1n) is 8.19. The first kappa shape index (κ1) is 15.8. The zero-order valence-corrected chi connectivity index (χ0v) is 13.2. The molecule has 2 atom stereocenters. The van der Waals surface area contributed by atoms with Crippen LogP contribution < -0.4 is 0 Å². The summed E-state index contributed by atoms with van der Waals surface area (Å²) in [5.74, 6) is -0.592. The fourth-order valence-corrected chi connectivity index (χ4v) is 3.03. The Morgan fingerprint density at radius 1 is 0.870 bits per heavy atom. The topological polar surface area (TPSA) is 46.5 Å². The highest BCUT2D eigenvalue weighted by molar-refractivity contribution is 5.78. The maximum absolute atomic E-state index is 11.2. The van der Waals surface area contributed by atoms with Gasteiger partial charge in [0.1, 0.15) is 12.0 Å². The molecule has 1 fully saturated rings. The molecule has 0 unspecified atom stereocenters. The summed E-state index contributed by atoms with van der Waals surface area (Å²) in [7, 11) is 0. The quantitative estimate of drug-likeness (QED) is 0.800. The number of rotatable bonds is 7. The number of carbonyl (C=O) groups excluding carboxylic acids is 1. The van der Waals surface area contributed by atoms with E-state index in [9.17, 15) is 4.79 Å². The SMILES string of the molecule is O=C1O[C@H](CCc2cccc(CCc3ccccc3)c2)[C@H]1CO. The third-order valence-electron chi connectivity index (χ3n) is 4.47. The van der Waals surface area contributed by atoms with Gasteiger partial charge in [-0.2, -0.15) is 0 Å². The van der Waals surface area contributed by atoms with Gasteiger partial charge in [-0.1, -0.05) is 54.6 Å². The van der Waals surface area contributed by atoms with E-state index in [1.807, 2.05) is 6.07 Å². The van der Waals surface area contributed by atoms with Crippen molar-refractivity contribution in [2.45, 2.75) is 31.8 Å². The Hall–Kier alpha value is -2.13. The molecular formula is C20H22O3. The average Bonchev–Trinajstić information content (AvgIpc) is 2.58. The molecule has 0 aromatic heterocycles. The van der Waals surface area contributed by atoms with Crippen molar-refractivity contribution in [2.24, 2.45) is 5.92 Å². The number of hydrogen-bond acceptors (Lipinski definition) is 3. The highest BCUT2D eigenvalue weighted by Crippen LogP contribution is 2.26. The minimum absolute atomic E-state index is 0.111. The third-order valence-corrected chi connectivity index (χ3v) is 4.47. The number of hydrogen-bond donors (Lipinski definition) is 1. The monoisotopic (exact) mass is 310 g/mol. The van der Waals surface area contributed by atoms with E-state index in [4.69, 9.17) is 9.84 Å². The molecule has 1 heterocycles. The second kappa shape index (κ2) is 7.42. The van der Waals surface area contributed by atoms with Crippen LogP contribution in [0.1, 0.15) is 23.1 Å². The Kier molecular flexibility index (Phi) is 5.09. The van der Waals surface area contributed by atoms with Gasteiger partial charge in [0.05, 0.1) is 6.61 Å². The van der Waals surface area contributed by atoms with Crippen LogP contribution in [0.4, 0.5) is 0 Å². The van der Waals surface area contributed by atoms with Crippen LogP contribution in [-0.2, 0) is 28.8 Å². The first-order chi connectivity index (χ1) is 11.3. The number of cyclic esters (lactones) is 1. The number of aryl methyl sites for hydroxylation is 3. The molecule has 23 heavy (non-hydrogen) atoms. The lowest BCUT2D eigenvalue weighted by molar-refractivity contribution is -0.188. The summed E-state index contributed by atoms with van der Waals surface area (Å²) in [6.45, 7) is -0.111. The van der Waals surface area contributed by atoms with Gasteiger partial charge in [0.25, 0.3) is 0 Å². The van der Waals surface area contributed by atoms with Gasteiger partial charge in [-0.15, -0.1) is 0 Å². The molecular weight excluding hydrogens is 288 g/mol. The number of aliphatic hydroxyl groups excluding tert-OH is 1. The Bertz CT molecular complexity index is 651. The van der Waals surface area contributed by atoms with Crippen molar-refractivity contribution in [1.82, 2.24) is 0 Å². The van der Waals surface area contributed by atoms with Crippen molar-refractivity contribution in [3.8, 4) is 0 Å². The minimum atomic E-state index is -0.323. The molecule has 0 saturated carbocycles. The molecule has 3 rings (SSSR count). The molecule has 0 bridgehead atoms. The normalized spacial score (nSPS) is 20.0. The highest BCUT2D eigenvalue weighted by Gasteiger charge is 2.41. The molecule has 1 aliphatic heterocycles. The second-order valence-corrected chi connectivity index (χ2v) is 6.11. The van der Waals surface area contributed by atoms with Crippen LogP contribution in [0.3, 0.4) is 0 Å². The fourth-order valence-electron chi connectivity index (χ4n) is 3.03. The smallest absolute Gasteiger partial charge is 0.315 e. The molecule has 0 radical (unpaired) electrons. The molecule has 3 heteroatoms. The molecule has 2 aromatic rings. The van der Waals surface area contributed by atoms with Gasteiger partial charge in [0, 0.05) is 0 Å². The standard InChI is InChI=1S/C20H22O3/c21-14-18-19(23-20(18)22)12-11-17-8-4-7-16(13-17)10-9-15-5-2-1-3-6-15/h1-8,13,18-19,21H,9-12,14H2/t18-,19-/m1/s1. The Morgan fingerprint density at radius 3 is 2.22 bits per heavy atom. The van der Waals surface area contributed by atoms with E-state index in [1.165, 1.54) is 16.7 Å². The summed E-state index contributed by atoms with van der Waals surface area (Å²) in [5, 5.41) is 9.15. The summed E-state index contributed by atoms with van der Waals surface area (Å²) < 4.78 is 5.10. The maximum atomic E-state index is 11.2. The average molecular weight is 310 g/mol. The van der Waals surface area contributed by atoms with Crippen LogP contribution in [0.25, 0.3) is 0 Å². The minimum Gasteiger partial charge on any atom is -0.461 e. The van der Waals surface area contributed by atoms with Crippen LogP contribution in [-0.4, -0.2) is 23.8 Å². The van der Waals surface area contributed by atoms with Gasteiger partial charge in [-0.25, -0.2) is 0 Å². The van der Waals surface area contributed by atoms with E-state index >= 15 is 0 Å². The van der Waals surface area contributed by atoms with Gasteiger partial charge >= 0.3 is 5.97 Å². The van der Waals surface area contributed by atoms with Crippen molar-refractivity contribution in [3.63, 3.8) is 0 Å². The van der Waals surface area contributed by atoms with Crippen LogP contribution in [0.5, 0.6) is 0 Å². The lowest BCUT2D eigenvalue weighted by atomic mass is 9.92. The van der Waals surface area contributed by atoms with Crippen LogP contribution in [0.15, 0.2) is 54.6 Å². The largest absolute Gasteiger partial charge is 0.461 e. The van der Waals surface area contributed by atoms with E-state index < -0.39 is 0 Å². The van der Waals surface area contributed by atoms with Crippen molar-refractivity contribution < 1.29 is 14.6 Å². The molecule has 0 spiro atoms. The zero-order valence-electron chi connectivity index (χ0n) is 13.2. The fraction of sp³-hybridized carbons (Fsp3) is 0.350. The molecule has 0 aliphatic carbocycles. The molecule has 3 nitrogen and oxygen atoms in total. The van der Waals surface area contributed by atoms with Gasteiger partial charge < -0.3 is 9.84 Å². The van der Waals surface area contributed by atoms with E-state index in [0.29, 0.717) is 0 Å². The lowest BCUT2D eigenvalue weighted by Crippen LogP contribution is -2.47. The third kappa shape index (κ3) is 3.99. The molecule has 1 saturated heterocycles. The number of aliphatic hydroxyl groups is 1. The summed E-state index contributed by atoms with van der Waals surface area (Å²) in [6.07, 6.45) is 3.58. The van der Waals surface area contributed by atoms with E-state index in [-0.39, 0.29) is 24.6 Å². The predicted octanol–water partition coefficient (Wildman–Crippen LogP) is 2.94. The first-order valence-corrected chi connectivity index (χ1v) is 8.19. The molecule has 1 N–H and O–H groups in total. The summed E-state index contributed by atoms with van der Waals surface area (Å²) >= 11 is 0. The van der Waals surface area contributed by atoms with Crippen molar-refractivity contribution in [1.29, 1.82) is 0 Å². The summed E-state index contributed by atoms with van der Waals surface area (Å²) in [4.78, 5) is 11.2. The molecule has 1 aliphatic rings. The Labute approximate surface area is 136 Å². The zero-order chi connectivity index (χ0) is 16.1. The number of carbonyl (C=O) groups is 1. The van der Waals surface area contributed by atoms with Gasteiger partial charge in [-0.05, 0) is 42.4 Å². The molecule has 2 aromatic carbocycles. The van der Waals surface area contributed by atoms with Crippen molar-refractivity contribution in [2.75, 3.05) is 6.61 Å². The van der Waals surface area contributed by atoms with Gasteiger partial charge in [0.2, 0.25) is 0 Å². The van der Waals surface area contributed by atoms with Crippen LogP contribution >= 0.6 is 0 Å². The maximum Gasteiger partial charge on any atom is 0.315 e. The second-order valence-electron chi connectivity index (χ2n) is 6.11. The molecule has 120 valence electrons. The van der Waals surface area contributed by atoms with Gasteiger partial charge in [-0.3, -0.25) is 4.79 Å². The summed E-state index contributed by atoms with van der Waals surface area (Å²) in [6, 6.07) is 19.1. The van der Waals surface area contributed by atoms with Crippen LogP contribution in [0, 0.1) is 5.92 Å².